The number of hydrogen-bond acceptors (Lipinski definition) is 6. The molecule has 0 saturated heterocycles. The summed E-state index contributed by atoms with van der Waals surface area (Å²) in [7, 11) is 0. The molecule has 0 aliphatic heterocycles. The van der Waals surface area contributed by atoms with Gasteiger partial charge in [-0.3, -0.25) is 14.3 Å². The SMILES string of the molecule is CC(C)[C@@](C)(C#N)NC(=O)CSc1nnc(-c2ccncc2)n1Cc1ccccc1. The van der Waals surface area contributed by atoms with E-state index in [9.17, 15) is 10.1 Å². The molecule has 3 rings (SSSR count). The molecule has 1 aromatic carbocycles. The standard InChI is InChI=1S/C22H24N6OS/c1-16(2)22(3,15-23)25-19(29)14-30-21-27-26-20(18-9-11-24-12-10-18)28(21)13-17-7-5-4-6-8-17/h4-12,16H,13-14H2,1-3H3,(H,25,29)/t22-/m1/s1. The van der Waals surface area contributed by atoms with Crippen molar-refractivity contribution in [1.29, 1.82) is 5.26 Å². The number of nitriles is 1. The maximum Gasteiger partial charge on any atom is 0.231 e. The van der Waals surface area contributed by atoms with Gasteiger partial charge in [0.2, 0.25) is 5.91 Å². The molecule has 1 amide bonds. The van der Waals surface area contributed by atoms with Crippen LogP contribution in [0.4, 0.5) is 0 Å². The molecule has 1 atom stereocenters. The van der Waals surface area contributed by atoms with Gasteiger partial charge in [0.25, 0.3) is 0 Å². The summed E-state index contributed by atoms with van der Waals surface area (Å²) in [5.74, 6) is 0.648. The average molecular weight is 421 g/mol. The maximum absolute atomic E-state index is 12.5. The van der Waals surface area contributed by atoms with Crippen LogP contribution in [0.15, 0.2) is 60.0 Å². The smallest absolute Gasteiger partial charge is 0.231 e. The molecule has 0 saturated carbocycles. The topological polar surface area (TPSA) is 96.5 Å². The number of carbonyl (C=O) groups is 1. The number of pyridine rings is 1. The largest absolute Gasteiger partial charge is 0.337 e. The fraction of sp³-hybridized carbons (Fsp3) is 0.318. The van der Waals surface area contributed by atoms with E-state index < -0.39 is 5.54 Å². The molecule has 3 aromatic rings. The minimum atomic E-state index is -0.905. The van der Waals surface area contributed by atoms with Crippen molar-refractivity contribution < 1.29 is 4.79 Å². The fourth-order valence-corrected chi connectivity index (χ4v) is 3.51. The number of benzene rings is 1. The first-order valence-corrected chi connectivity index (χ1v) is 10.6. The van der Waals surface area contributed by atoms with Crippen LogP contribution in [0, 0.1) is 17.2 Å². The van der Waals surface area contributed by atoms with Gasteiger partial charge in [-0.1, -0.05) is 55.9 Å². The fourth-order valence-electron chi connectivity index (χ4n) is 2.78. The molecule has 1 N–H and O–H groups in total. The Morgan fingerprint density at radius 2 is 1.90 bits per heavy atom. The van der Waals surface area contributed by atoms with Crippen molar-refractivity contribution in [2.24, 2.45) is 5.92 Å². The van der Waals surface area contributed by atoms with Crippen LogP contribution in [0.1, 0.15) is 26.3 Å². The third-order valence-electron chi connectivity index (χ3n) is 4.96. The van der Waals surface area contributed by atoms with Crippen molar-refractivity contribution in [2.45, 2.75) is 38.0 Å². The number of amides is 1. The minimum Gasteiger partial charge on any atom is -0.337 e. The summed E-state index contributed by atoms with van der Waals surface area (Å²) in [5, 5.41) is 21.6. The summed E-state index contributed by atoms with van der Waals surface area (Å²) >= 11 is 1.31. The minimum absolute atomic E-state index is 0.00326. The van der Waals surface area contributed by atoms with Gasteiger partial charge >= 0.3 is 0 Å². The second-order valence-electron chi connectivity index (χ2n) is 7.42. The molecule has 0 spiro atoms. The van der Waals surface area contributed by atoms with Crippen LogP contribution in [0.5, 0.6) is 0 Å². The van der Waals surface area contributed by atoms with Crippen LogP contribution in [0.2, 0.25) is 0 Å². The zero-order valence-corrected chi connectivity index (χ0v) is 18.1. The van der Waals surface area contributed by atoms with Gasteiger partial charge in [-0.25, -0.2) is 0 Å². The Labute approximate surface area is 180 Å². The van der Waals surface area contributed by atoms with E-state index in [0.29, 0.717) is 17.5 Å². The highest BCUT2D eigenvalue weighted by Crippen LogP contribution is 2.25. The first-order valence-electron chi connectivity index (χ1n) is 9.65. The van der Waals surface area contributed by atoms with Gasteiger partial charge in [-0.15, -0.1) is 10.2 Å². The van der Waals surface area contributed by atoms with E-state index in [2.05, 4.69) is 26.6 Å². The highest BCUT2D eigenvalue weighted by atomic mass is 32.2. The lowest BCUT2D eigenvalue weighted by atomic mass is 9.90. The summed E-state index contributed by atoms with van der Waals surface area (Å²) in [5.41, 5.74) is 1.11. The van der Waals surface area contributed by atoms with Crippen molar-refractivity contribution >= 4 is 17.7 Å². The number of nitrogens with one attached hydrogen (secondary N) is 1. The predicted molar refractivity (Wildman–Crippen MR) is 117 cm³/mol. The number of thioether (sulfide) groups is 1. The Hall–Kier alpha value is -3.18. The molecule has 2 aromatic heterocycles. The van der Waals surface area contributed by atoms with E-state index in [1.165, 1.54) is 11.8 Å². The van der Waals surface area contributed by atoms with Crippen LogP contribution in [0.25, 0.3) is 11.4 Å². The molecule has 0 aliphatic carbocycles. The van der Waals surface area contributed by atoms with Crippen LogP contribution in [0.3, 0.4) is 0 Å². The molecule has 0 bridgehead atoms. The monoisotopic (exact) mass is 420 g/mol. The molecule has 0 unspecified atom stereocenters. The number of carbonyl (C=O) groups excluding carboxylic acids is 1. The summed E-state index contributed by atoms with van der Waals surface area (Å²) in [6.45, 7) is 6.14. The van der Waals surface area contributed by atoms with Gasteiger partial charge in [0.15, 0.2) is 11.0 Å². The molecule has 0 radical (unpaired) electrons. The van der Waals surface area contributed by atoms with E-state index in [0.717, 1.165) is 11.1 Å². The van der Waals surface area contributed by atoms with Gasteiger partial charge in [-0.05, 0) is 30.5 Å². The molecule has 2 heterocycles. The van der Waals surface area contributed by atoms with Crippen LogP contribution in [-0.4, -0.2) is 36.9 Å². The lowest BCUT2D eigenvalue weighted by Crippen LogP contribution is -2.49. The molecular weight excluding hydrogens is 396 g/mol. The van der Waals surface area contributed by atoms with E-state index >= 15 is 0 Å². The van der Waals surface area contributed by atoms with Crippen molar-refractivity contribution in [1.82, 2.24) is 25.1 Å². The summed E-state index contributed by atoms with van der Waals surface area (Å²) < 4.78 is 1.99. The third kappa shape index (κ3) is 5.05. The Morgan fingerprint density at radius 1 is 1.20 bits per heavy atom. The molecule has 0 fully saturated rings. The third-order valence-corrected chi connectivity index (χ3v) is 5.92. The van der Waals surface area contributed by atoms with Gasteiger partial charge in [0, 0.05) is 18.0 Å². The Balaban J connectivity index is 1.82. The normalized spacial score (nSPS) is 12.9. The van der Waals surface area contributed by atoms with Crippen molar-refractivity contribution in [3.05, 3.63) is 60.4 Å². The van der Waals surface area contributed by atoms with Crippen molar-refractivity contribution in [3.63, 3.8) is 0 Å². The number of nitrogens with zero attached hydrogens (tertiary/aromatic N) is 5. The Morgan fingerprint density at radius 3 is 2.53 bits per heavy atom. The van der Waals surface area contributed by atoms with E-state index in [1.807, 2.05) is 60.9 Å². The van der Waals surface area contributed by atoms with Crippen molar-refractivity contribution in [2.75, 3.05) is 5.75 Å². The summed E-state index contributed by atoms with van der Waals surface area (Å²) in [6, 6.07) is 16.0. The van der Waals surface area contributed by atoms with Crippen LogP contribution < -0.4 is 5.32 Å². The summed E-state index contributed by atoms with van der Waals surface area (Å²) in [4.78, 5) is 16.6. The lowest BCUT2D eigenvalue weighted by Gasteiger charge is -2.27. The number of hydrogen-bond donors (Lipinski definition) is 1. The predicted octanol–water partition coefficient (Wildman–Crippen LogP) is 3.53. The molecule has 8 heteroatoms. The molecular formula is C22H24N6OS. The Kier molecular flexibility index (Phi) is 6.85. The van der Waals surface area contributed by atoms with Crippen LogP contribution in [-0.2, 0) is 11.3 Å². The van der Waals surface area contributed by atoms with Gasteiger partial charge in [0.1, 0.15) is 5.54 Å². The van der Waals surface area contributed by atoms with Crippen molar-refractivity contribution in [3.8, 4) is 17.5 Å². The zero-order chi connectivity index (χ0) is 21.6. The maximum atomic E-state index is 12.5. The molecule has 154 valence electrons. The van der Waals surface area contributed by atoms with E-state index in [-0.39, 0.29) is 17.6 Å². The van der Waals surface area contributed by atoms with Crippen LogP contribution >= 0.6 is 11.8 Å². The lowest BCUT2D eigenvalue weighted by molar-refractivity contribution is -0.120. The van der Waals surface area contributed by atoms with E-state index in [1.54, 1.807) is 19.3 Å². The van der Waals surface area contributed by atoms with Gasteiger partial charge in [0.05, 0.1) is 18.4 Å². The average Bonchev–Trinajstić information content (AvgIpc) is 3.15. The highest BCUT2D eigenvalue weighted by molar-refractivity contribution is 7.99. The van der Waals surface area contributed by atoms with Gasteiger partial charge < -0.3 is 5.32 Å². The molecule has 7 nitrogen and oxygen atoms in total. The molecule has 30 heavy (non-hydrogen) atoms. The van der Waals surface area contributed by atoms with Gasteiger partial charge in [-0.2, -0.15) is 5.26 Å². The Bertz CT molecular complexity index is 1030. The highest BCUT2D eigenvalue weighted by Gasteiger charge is 2.30. The second kappa shape index (κ2) is 9.55. The van der Waals surface area contributed by atoms with E-state index in [4.69, 9.17) is 0 Å². The molecule has 0 aliphatic rings. The number of rotatable bonds is 8. The summed E-state index contributed by atoms with van der Waals surface area (Å²) in [6.07, 6.45) is 3.43. The zero-order valence-electron chi connectivity index (χ0n) is 17.2. The first-order chi connectivity index (χ1) is 14.4. The number of aromatic nitrogens is 4. The second-order valence-corrected chi connectivity index (χ2v) is 8.36. The first kappa shape index (κ1) is 21.5. The quantitative estimate of drug-likeness (QED) is 0.560.